The number of nitrogens with zero attached hydrogens (tertiary/aromatic N) is 1. The Morgan fingerprint density at radius 3 is 2.77 bits per heavy atom. The van der Waals surface area contributed by atoms with Crippen molar-refractivity contribution >= 4 is 0 Å². The first-order valence-corrected chi connectivity index (χ1v) is 4.41. The molecule has 0 saturated carbocycles. The van der Waals surface area contributed by atoms with Crippen molar-refractivity contribution in [3.8, 4) is 6.07 Å². The molecule has 0 spiro atoms. The van der Waals surface area contributed by atoms with Crippen molar-refractivity contribution in [1.82, 2.24) is 5.32 Å². The Hall–Kier alpha value is -1.33. The van der Waals surface area contributed by atoms with E-state index in [0.29, 0.717) is 0 Å². The van der Waals surface area contributed by atoms with Crippen molar-refractivity contribution in [2.24, 2.45) is 0 Å². The molecule has 1 rings (SSSR count). The Morgan fingerprint density at radius 1 is 1.46 bits per heavy atom. The van der Waals surface area contributed by atoms with E-state index in [2.05, 4.69) is 30.4 Å². The van der Waals surface area contributed by atoms with Gasteiger partial charge in [-0.1, -0.05) is 24.3 Å². The fourth-order valence-electron chi connectivity index (χ4n) is 1.12. The summed E-state index contributed by atoms with van der Waals surface area (Å²) in [7, 11) is 0. The number of benzene rings is 1. The summed E-state index contributed by atoms with van der Waals surface area (Å²) < 4.78 is 0. The van der Waals surface area contributed by atoms with Gasteiger partial charge in [-0.3, -0.25) is 5.32 Å². The Kier molecular flexibility index (Phi) is 3.48. The topological polar surface area (TPSA) is 35.8 Å². The zero-order valence-corrected chi connectivity index (χ0v) is 8.04. The van der Waals surface area contributed by atoms with Crippen molar-refractivity contribution in [3.63, 3.8) is 0 Å². The molecule has 0 heterocycles. The van der Waals surface area contributed by atoms with Gasteiger partial charge in [-0.15, -0.1) is 0 Å². The van der Waals surface area contributed by atoms with Crippen LogP contribution in [-0.4, -0.2) is 6.04 Å². The molecule has 0 aromatic heterocycles. The van der Waals surface area contributed by atoms with Gasteiger partial charge in [0.2, 0.25) is 0 Å². The summed E-state index contributed by atoms with van der Waals surface area (Å²) in [4.78, 5) is 0. The van der Waals surface area contributed by atoms with E-state index in [4.69, 9.17) is 5.26 Å². The van der Waals surface area contributed by atoms with Crippen LogP contribution in [0.3, 0.4) is 0 Å². The number of aryl methyl sites for hydroxylation is 1. The van der Waals surface area contributed by atoms with Gasteiger partial charge in [-0.05, 0) is 25.0 Å². The lowest BCUT2D eigenvalue weighted by Gasteiger charge is -2.08. The maximum Gasteiger partial charge on any atom is 0.0927 e. The molecule has 1 N–H and O–H groups in total. The highest BCUT2D eigenvalue weighted by molar-refractivity contribution is 5.25. The Balaban J connectivity index is 2.56. The third-order valence-corrected chi connectivity index (χ3v) is 2.05. The van der Waals surface area contributed by atoms with E-state index in [0.717, 1.165) is 6.54 Å². The lowest BCUT2D eigenvalue weighted by atomic mass is 10.1. The normalized spacial score (nSPS) is 12.1. The molecule has 0 aliphatic heterocycles. The zero-order valence-electron chi connectivity index (χ0n) is 8.04. The van der Waals surface area contributed by atoms with E-state index < -0.39 is 0 Å². The summed E-state index contributed by atoms with van der Waals surface area (Å²) in [5, 5.41) is 11.7. The van der Waals surface area contributed by atoms with Crippen molar-refractivity contribution in [3.05, 3.63) is 35.4 Å². The average molecular weight is 174 g/mol. The molecular formula is C11H14N2. The molecule has 0 bridgehead atoms. The maximum atomic E-state index is 8.57. The Morgan fingerprint density at radius 2 is 2.15 bits per heavy atom. The van der Waals surface area contributed by atoms with Crippen molar-refractivity contribution < 1.29 is 0 Å². The molecule has 0 aliphatic rings. The monoisotopic (exact) mass is 174 g/mol. The van der Waals surface area contributed by atoms with Crippen LogP contribution in [0.2, 0.25) is 0 Å². The van der Waals surface area contributed by atoms with Gasteiger partial charge in [-0.2, -0.15) is 5.26 Å². The predicted molar refractivity (Wildman–Crippen MR) is 53.1 cm³/mol. The number of rotatable bonds is 3. The van der Waals surface area contributed by atoms with Gasteiger partial charge in [-0.25, -0.2) is 0 Å². The third kappa shape index (κ3) is 2.89. The standard InChI is InChI=1S/C11H14N2/c1-9-5-3-4-6-11(9)8-13-10(2)7-12/h3-6,10,13H,8H2,1-2H3. The van der Waals surface area contributed by atoms with Crippen molar-refractivity contribution in [1.29, 1.82) is 5.26 Å². The SMILES string of the molecule is Cc1ccccc1CNC(C)C#N. The number of nitrogens with one attached hydrogen (secondary N) is 1. The van der Waals surface area contributed by atoms with Gasteiger partial charge >= 0.3 is 0 Å². The minimum Gasteiger partial charge on any atom is -0.298 e. The zero-order chi connectivity index (χ0) is 9.68. The highest BCUT2D eigenvalue weighted by atomic mass is 14.9. The Labute approximate surface area is 79.2 Å². The number of hydrogen-bond acceptors (Lipinski definition) is 2. The highest BCUT2D eigenvalue weighted by Crippen LogP contribution is 2.06. The van der Waals surface area contributed by atoms with E-state index in [1.165, 1.54) is 11.1 Å². The van der Waals surface area contributed by atoms with Crippen molar-refractivity contribution in [2.45, 2.75) is 26.4 Å². The number of nitriles is 1. The first-order chi connectivity index (χ1) is 6.24. The lowest BCUT2D eigenvalue weighted by molar-refractivity contribution is 0.640. The molecule has 13 heavy (non-hydrogen) atoms. The summed E-state index contributed by atoms with van der Waals surface area (Å²) in [6.07, 6.45) is 0. The van der Waals surface area contributed by atoms with E-state index in [9.17, 15) is 0 Å². The lowest BCUT2D eigenvalue weighted by Crippen LogP contribution is -2.23. The minimum atomic E-state index is -0.0837. The second-order valence-electron chi connectivity index (χ2n) is 3.16. The van der Waals surface area contributed by atoms with Gasteiger partial charge in [0.05, 0.1) is 12.1 Å². The smallest absolute Gasteiger partial charge is 0.0927 e. The van der Waals surface area contributed by atoms with Crippen LogP contribution in [0.15, 0.2) is 24.3 Å². The third-order valence-electron chi connectivity index (χ3n) is 2.05. The fourth-order valence-corrected chi connectivity index (χ4v) is 1.12. The molecule has 0 radical (unpaired) electrons. The molecular weight excluding hydrogens is 160 g/mol. The molecule has 1 atom stereocenters. The van der Waals surface area contributed by atoms with Gasteiger partial charge in [0.25, 0.3) is 0 Å². The molecule has 68 valence electrons. The van der Waals surface area contributed by atoms with E-state index in [1.807, 2.05) is 19.1 Å². The molecule has 0 amide bonds. The van der Waals surface area contributed by atoms with Gasteiger partial charge < -0.3 is 0 Å². The van der Waals surface area contributed by atoms with Gasteiger partial charge in [0.1, 0.15) is 0 Å². The molecule has 0 fully saturated rings. The van der Waals surface area contributed by atoms with Crippen LogP contribution in [-0.2, 0) is 6.54 Å². The molecule has 1 aromatic carbocycles. The highest BCUT2D eigenvalue weighted by Gasteiger charge is 1.99. The van der Waals surface area contributed by atoms with E-state index in [-0.39, 0.29) is 6.04 Å². The predicted octanol–water partition coefficient (Wildman–Crippen LogP) is 2.00. The summed E-state index contributed by atoms with van der Waals surface area (Å²) in [6, 6.07) is 10.2. The van der Waals surface area contributed by atoms with Crippen LogP contribution in [0.5, 0.6) is 0 Å². The molecule has 0 saturated heterocycles. The quantitative estimate of drug-likeness (QED) is 0.760. The molecule has 1 unspecified atom stereocenters. The first kappa shape index (κ1) is 9.76. The van der Waals surface area contributed by atoms with Crippen molar-refractivity contribution in [2.75, 3.05) is 0 Å². The minimum absolute atomic E-state index is 0.0837. The maximum absolute atomic E-state index is 8.57. The molecule has 2 heteroatoms. The van der Waals surface area contributed by atoms with E-state index >= 15 is 0 Å². The molecule has 0 aliphatic carbocycles. The summed E-state index contributed by atoms with van der Waals surface area (Å²) >= 11 is 0. The second-order valence-corrected chi connectivity index (χ2v) is 3.16. The largest absolute Gasteiger partial charge is 0.298 e. The summed E-state index contributed by atoms with van der Waals surface area (Å²) in [5.74, 6) is 0. The number of hydrogen-bond donors (Lipinski definition) is 1. The van der Waals surface area contributed by atoms with Crippen LogP contribution in [0, 0.1) is 18.3 Å². The van der Waals surface area contributed by atoms with E-state index in [1.54, 1.807) is 0 Å². The van der Waals surface area contributed by atoms with Crippen LogP contribution in [0.1, 0.15) is 18.1 Å². The second kappa shape index (κ2) is 4.64. The van der Waals surface area contributed by atoms with Crippen LogP contribution < -0.4 is 5.32 Å². The summed E-state index contributed by atoms with van der Waals surface area (Å²) in [5.41, 5.74) is 2.52. The van der Waals surface area contributed by atoms with Crippen LogP contribution in [0.4, 0.5) is 0 Å². The van der Waals surface area contributed by atoms with Crippen LogP contribution in [0.25, 0.3) is 0 Å². The summed E-state index contributed by atoms with van der Waals surface area (Å²) in [6.45, 7) is 4.70. The van der Waals surface area contributed by atoms with Gasteiger partial charge in [0.15, 0.2) is 0 Å². The average Bonchev–Trinajstić information content (AvgIpc) is 2.16. The van der Waals surface area contributed by atoms with Crippen LogP contribution >= 0.6 is 0 Å². The fraction of sp³-hybridized carbons (Fsp3) is 0.364. The molecule has 1 aromatic rings. The van der Waals surface area contributed by atoms with Gasteiger partial charge in [0, 0.05) is 6.54 Å². The molecule has 2 nitrogen and oxygen atoms in total. The Bertz CT molecular complexity index is 312. The first-order valence-electron chi connectivity index (χ1n) is 4.41.